The number of imidazole rings is 1. The van der Waals surface area contributed by atoms with E-state index in [0.717, 1.165) is 26.4 Å². The summed E-state index contributed by atoms with van der Waals surface area (Å²) in [5.74, 6) is 0. The standard InChI is InChI=1S/C15H8ClN3O2S/c16-10-3-6-13-14(7-10)22-15-17-12(8-18(13)15)9-1-4-11(5-2-9)19(20)21/h1-8H. The largest absolute Gasteiger partial charge is 0.290 e. The average Bonchev–Trinajstić information content (AvgIpc) is 3.04. The molecule has 0 N–H and O–H groups in total. The predicted molar refractivity (Wildman–Crippen MR) is 87.7 cm³/mol. The van der Waals surface area contributed by atoms with Crippen LogP contribution in [0.15, 0.2) is 48.7 Å². The molecular weight excluding hydrogens is 322 g/mol. The van der Waals surface area contributed by atoms with Gasteiger partial charge >= 0.3 is 0 Å². The van der Waals surface area contributed by atoms with Crippen LogP contribution in [0.3, 0.4) is 0 Å². The number of hydrogen-bond donors (Lipinski definition) is 0. The van der Waals surface area contributed by atoms with Gasteiger partial charge in [-0.25, -0.2) is 4.98 Å². The van der Waals surface area contributed by atoms with Crippen LogP contribution in [0.4, 0.5) is 5.69 Å². The van der Waals surface area contributed by atoms with Gasteiger partial charge in [0.2, 0.25) is 0 Å². The van der Waals surface area contributed by atoms with E-state index in [0.29, 0.717) is 5.02 Å². The molecule has 0 bridgehead atoms. The zero-order valence-electron chi connectivity index (χ0n) is 11.1. The van der Waals surface area contributed by atoms with Crippen molar-refractivity contribution >= 4 is 43.8 Å². The molecule has 4 rings (SSSR count). The van der Waals surface area contributed by atoms with E-state index in [2.05, 4.69) is 4.98 Å². The zero-order valence-corrected chi connectivity index (χ0v) is 12.6. The smallest absolute Gasteiger partial charge is 0.269 e. The second-order valence-corrected chi connectivity index (χ2v) is 6.24. The van der Waals surface area contributed by atoms with E-state index < -0.39 is 4.92 Å². The first-order valence-electron chi connectivity index (χ1n) is 6.44. The molecule has 0 saturated heterocycles. The van der Waals surface area contributed by atoms with Crippen molar-refractivity contribution in [2.45, 2.75) is 0 Å². The summed E-state index contributed by atoms with van der Waals surface area (Å²) >= 11 is 7.56. The number of halogens is 1. The van der Waals surface area contributed by atoms with Crippen LogP contribution in [0.25, 0.3) is 26.4 Å². The van der Waals surface area contributed by atoms with Crippen LogP contribution >= 0.6 is 22.9 Å². The Labute approximate surface area is 133 Å². The van der Waals surface area contributed by atoms with Gasteiger partial charge in [0.05, 0.1) is 20.8 Å². The molecule has 0 fully saturated rings. The van der Waals surface area contributed by atoms with Crippen LogP contribution in [0, 0.1) is 10.1 Å². The normalized spacial score (nSPS) is 11.3. The van der Waals surface area contributed by atoms with Gasteiger partial charge in [-0.3, -0.25) is 14.5 Å². The lowest BCUT2D eigenvalue weighted by Crippen LogP contribution is -1.87. The van der Waals surface area contributed by atoms with Gasteiger partial charge in [-0.15, -0.1) is 0 Å². The van der Waals surface area contributed by atoms with E-state index in [1.165, 1.54) is 12.1 Å². The molecule has 2 heterocycles. The number of aromatic nitrogens is 2. The Balaban J connectivity index is 1.84. The minimum Gasteiger partial charge on any atom is -0.290 e. The Morgan fingerprint density at radius 1 is 1.18 bits per heavy atom. The summed E-state index contributed by atoms with van der Waals surface area (Å²) in [7, 11) is 0. The Hall–Kier alpha value is -2.44. The van der Waals surface area contributed by atoms with E-state index >= 15 is 0 Å². The molecule has 2 aromatic carbocycles. The monoisotopic (exact) mass is 329 g/mol. The molecule has 0 radical (unpaired) electrons. The van der Waals surface area contributed by atoms with E-state index in [1.807, 2.05) is 28.8 Å². The number of rotatable bonds is 2. The van der Waals surface area contributed by atoms with Gasteiger partial charge in [0.25, 0.3) is 5.69 Å². The van der Waals surface area contributed by atoms with Crippen molar-refractivity contribution in [2.24, 2.45) is 0 Å². The first-order valence-corrected chi connectivity index (χ1v) is 7.63. The number of nitro groups is 1. The molecule has 22 heavy (non-hydrogen) atoms. The Kier molecular flexibility index (Phi) is 2.88. The molecule has 0 spiro atoms. The van der Waals surface area contributed by atoms with Gasteiger partial charge in [0.15, 0.2) is 4.96 Å². The van der Waals surface area contributed by atoms with Crippen molar-refractivity contribution in [3.8, 4) is 11.3 Å². The molecule has 0 unspecified atom stereocenters. The Morgan fingerprint density at radius 2 is 1.95 bits per heavy atom. The molecule has 4 aromatic rings. The van der Waals surface area contributed by atoms with Crippen molar-refractivity contribution in [1.82, 2.24) is 9.38 Å². The lowest BCUT2D eigenvalue weighted by Gasteiger charge is -1.96. The Bertz CT molecular complexity index is 1020. The van der Waals surface area contributed by atoms with Crippen LogP contribution < -0.4 is 0 Å². The first-order chi connectivity index (χ1) is 10.6. The summed E-state index contributed by atoms with van der Waals surface area (Å²) in [5, 5.41) is 11.4. The molecule has 0 amide bonds. The van der Waals surface area contributed by atoms with Crippen molar-refractivity contribution in [1.29, 1.82) is 0 Å². The second kappa shape index (κ2) is 4.79. The van der Waals surface area contributed by atoms with Crippen molar-refractivity contribution < 1.29 is 4.92 Å². The summed E-state index contributed by atoms with van der Waals surface area (Å²) < 4.78 is 3.08. The Morgan fingerprint density at radius 3 is 2.68 bits per heavy atom. The molecule has 108 valence electrons. The van der Waals surface area contributed by atoms with Crippen molar-refractivity contribution in [3.63, 3.8) is 0 Å². The summed E-state index contributed by atoms with van der Waals surface area (Å²) in [6, 6.07) is 12.1. The zero-order chi connectivity index (χ0) is 15.3. The maximum absolute atomic E-state index is 10.7. The van der Waals surface area contributed by atoms with E-state index in [1.54, 1.807) is 23.5 Å². The molecule has 5 nitrogen and oxygen atoms in total. The van der Waals surface area contributed by atoms with Gasteiger partial charge in [-0.1, -0.05) is 22.9 Å². The number of non-ortho nitro benzene ring substituents is 1. The number of thiazole rings is 1. The number of benzene rings is 2. The maximum atomic E-state index is 10.7. The van der Waals surface area contributed by atoms with Gasteiger partial charge in [0.1, 0.15) is 0 Å². The summed E-state index contributed by atoms with van der Waals surface area (Å²) in [6.07, 6.45) is 1.93. The summed E-state index contributed by atoms with van der Waals surface area (Å²) in [6.45, 7) is 0. The molecule has 0 atom stereocenters. The van der Waals surface area contributed by atoms with Crippen LogP contribution in [0.5, 0.6) is 0 Å². The number of nitro benzene ring substituents is 1. The van der Waals surface area contributed by atoms with Crippen molar-refractivity contribution in [3.05, 3.63) is 63.8 Å². The number of fused-ring (bicyclic) bond motifs is 3. The van der Waals surface area contributed by atoms with Gasteiger partial charge in [0, 0.05) is 28.9 Å². The number of hydrogen-bond acceptors (Lipinski definition) is 4. The van der Waals surface area contributed by atoms with Crippen LogP contribution in [0.2, 0.25) is 5.02 Å². The number of nitrogens with zero attached hydrogens (tertiary/aromatic N) is 3. The third-order valence-corrected chi connectivity index (χ3v) is 4.68. The van der Waals surface area contributed by atoms with E-state index in [-0.39, 0.29) is 5.69 Å². The van der Waals surface area contributed by atoms with Crippen LogP contribution in [-0.4, -0.2) is 14.3 Å². The minimum atomic E-state index is -0.410. The molecule has 0 saturated carbocycles. The lowest BCUT2D eigenvalue weighted by atomic mass is 10.1. The highest BCUT2D eigenvalue weighted by Crippen LogP contribution is 2.31. The highest BCUT2D eigenvalue weighted by molar-refractivity contribution is 7.23. The molecule has 0 aliphatic carbocycles. The SMILES string of the molecule is O=[N+]([O-])c1ccc(-c2cn3c(n2)sc2cc(Cl)ccc23)cc1. The van der Waals surface area contributed by atoms with Gasteiger partial charge in [-0.05, 0) is 30.3 Å². The van der Waals surface area contributed by atoms with E-state index in [9.17, 15) is 10.1 Å². The molecule has 0 aliphatic heterocycles. The molecule has 0 aliphatic rings. The van der Waals surface area contributed by atoms with Gasteiger partial charge in [-0.2, -0.15) is 0 Å². The molecule has 2 aromatic heterocycles. The highest BCUT2D eigenvalue weighted by atomic mass is 35.5. The predicted octanol–water partition coefficient (Wildman–Crippen LogP) is 4.78. The summed E-state index contributed by atoms with van der Waals surface area (Å²) in [4.78, 5) is 15.7. The molecule has 7 heteroatoms. The first kappa shape index (κ1) is 13.2. The van der Waals surface area contributed by atoms with E-state index in [4.69, 9.17) is 11.6 Å². The maximum Gasteiger partial charge on any atom is 0.269 e. The minimum absolute atomic E-state index is 0.0739. The van der Waals surface area contributed by atoms with Gasteiger partial charge < -0.3 is 0 Å². The lowest BCUT2D eigenvalue weighted by molar-refractivity contribution is -0.384. The third-order valence-electron chi connectivity index (χ3n) is 3.43. The van der Waals surface area contributed by atoms with Crippen molar-refractivity contribution in [2.75, 3.05) is 0 Å². The quantitative estimate of drug-likeness (QED) is 0.393. The topological polar surface area (TPSA) is 60.4 Å². The second-order valence-electron chi connectivity index (χ2n) is 4.80. The van der Waals surface area contributed by atoms with Crippen LogP contribution in [-0.2, 0) is 0 Å². The highest BCUT2D eigenvalue weighted by Gasteiger charge is 2.11. The summed E-state index contributed by atoms with van der Waals surface area (Å²) in [5.41, 5.74) is 2.76. The average molecular weight is 330 g/mol. The fourth-order valence-electron chi connectivity index (χ4n) is 2.37. The fourth-order valence-corrected chi connectivity index (χ4v) is 3.65. The van der Waals surface area contributed by atoms with Crippen LogP contribution in [0.1, 0.15) is 0 Å². The molecular formula is C15H8ClN3O2S. The fraction of sp³-hybridized carbons (Fsp3) is 0. The third kappa shape index (κ3) is 2.04.